The summed E-state index contributed by atoms with van der Waals surface area (Å²) in [6, 6.07) is 10.3. The van der Waals surface area contributed by atoms with Crippen LogP contribution < -0.4 is 10.6 Å². The summed E-state index contributed by atoms with van der Waals surface area (Å²) in [4.78, 5) is 16.6. The first-order chi connectivity index (χ1) is 9.72. The van der Waals surface area contributed by atoms with Crippen molar-refractivity contribution in [1.29, 1.82) is 0 Å². The molecule has 0 bridgehead atoms. The Balaban J connectivity index is 1.73. The van der Waals surface area contributed by atoms with Gasteiger partial charge in [-0.2, -0.15) is 0 Å². The Morgan fingerprint density at radius 1 is 1.40 bits per heavy atom. The molecule has 4 heteroatoms. The van der Waals surface area contributed by atoms with E-state index in [2.05, 4.69) is 22.5 Å². The highest BCUT2D eigenvalue weighted by Gasteiger charge is 2.24. The topological polar surface area (TPSA) is 54.0 Å². The van der Waals surface area contributed by atoms with Gasteiger partial charge in [0.05, 0.1) is 17.4 Å². The van der Waals surface area contributed by atoms with Crippen molar-refractivity contribution in [2.75, 3.05) is 11.9 Å². The summed E-state index contributed by atoms with van der Waals surface area (Å²) in [6.07, 6.45) is 3.52. The normalized spacial score (nSPS) is 22.6. The number of aromatic nitrogens is 1. The number of benzene rings is 1. The van der Waals surface area contributed by atoms with Crippen LogP contribution in [0.25, 0.3) is 10.9 Å². The number of carbonyl (C=O) groups is 1. The summed E-state index contributed by atoms with van der Waals surface area (Å²) in [5.41, 5.74) is 1.72. The monoisotopic (exact) mass is 269 g/mol. The Morgan fingerprint density at radius 2 is 2.25 bits per heavy atom. The van der Waals surface area contributed by atoms with Gasteiger partial charge in [0.15, 0.2) is 0 Å². The maximum absolute atomic E-state index is 12.3. The van der Waals surface area contributed by atoms with Crippen LogP contribution >= 0.6 is 0 Å². The molecule has 1 aliphatic heterocycles. The molecule has 0 saturated carbocycles. The lowest BCUT2D eigenvalue weighted by Gasteiger charge is -2.27. The molecule has 2 atom stereocenters. The lowest BCUT2D eigenvalue weighted by Crippen LogP contribution is -2.40. The average molecular weight is 269 g/mol. The quantitative estimate of drug-likeness (QED) is 0.881. The Labute approximate surface area is 118 Å². The van der Waals surface area contributed by atoms with Crippen LogP contribution in [0.4, 0.5) is 5.69 Å². The predicted octanol–water partition coefficient (Wildman–Crippen LogP) is 2.56. The molecule has 104 valence electrons. The van der Waals surface area contributed by atoms with Crippen molar-refractivity contribution in [2.24, 2.45) is 5.92 Å². The smallest absolute Gasteiger partial charge is 0.227 e. The molecule has 1 amide bonds. The summed E-state index contributed by atoms with van der Waals surface area (Å²) in [5, 5.41) is 7.40. The number of rotatable bonds is 2. The van der Waals surface area contributed by atoms with E-state index in [1.165, 1.54) is 0 Å². The highest BCUT2D eigenvalue weighted by Crippen LogP contribution is 2.20. The molecular weight excluding hydrogens is 250 g/mol. The van der Waals surface area contributed by atoms with E-state index in [1.54, 1.807) is 6.20 Å². The number of para-hydroxylation sites is 1. The Morgan fingerprint density at radius 3 is 3.10 bits per heavy atom. The van der Waals surface area contributed by atoms with E-state index in [1.807, 2.05) is 30.3 Å². The van der Waals surface area contributed by atoms with Gasteiger partial charge >= 0.3 is 0 Å². The molecule has 4 nitrogen and oxygen atoms in total. The minimum atomic E-state index is 0.0951. The van der Waals surface area contributed by atoms with Gasteiger partial charge in [-0.1, -0.05) is 18.2 Å². The zero-order valence-electron chi connectivity index (χ0n) is 11.6. The van der Waals surface area contributed by atoms with Gasteiger partial charge in [0.25, 0.3) is 0 Å². The summed E-state index contributed by atoms with van der Waals surface area (Å²) in [6.45, 7) is 3.03. The van der Waals surface area contributed by atoms with Crippen LogP contribution in [-0.4, -0.2) is 23.5 Å². The van der Waals surface area contributed by atoms with Crippen LogP contribution in [0.1, 0.15) is 19.8 Å². The molecular formula is C16H19N3O. The standard InChI is InChI=1S/C16H19N3O/c1-11-8-13(6-7-17-11)16(20)19-14-9-12-4-2-3-5-15(12)18-10-14/h2-5,9-11,13,17H,6-8H2,1H3,(H,19,20)/t11-,13-/m0/s1. The number of anilines is 1. The van der Waals surface area contributed by atoms with Gasteiger partial charge in [-0.3, -0.25) is 9.78 Å². The maximum Gasteiger partial charge on any atom is 0.227 e. The van der Waals surface area contributed by atoms with Crippen molar-refractivity contribution in [1.82, 2.24) is 10.3 Å². The van der Waals surface area contributed by atoms with E-state index in [4.69, 9.17) is 0 Å². The summed E-state index contributed by atoms with van der Waals surface area (Å²) < 4.78 is 0. The molecule has 0 unspecified atom stereocenters. The molecule has 0 aliphatic carbocycles. The van der Waals surface area contributed by atoms with E-state index in [0.717, 1.165) is 36.0 Å². The number of hydrogen-bond acceptors (Lipinski definition) is 3. The number of nitrogens with zero attached hydrogens (tertiary/aromatic N) is 1. The van der Waals surface area contributed by atoms with Gasteiger partial charge < -0.3 is 10.6 Å². The van der Waals surface area contributed by atoms with Crippen molar-refractivity contribution in [3.63, 3.8) is 0 Å². The third-order valence-electron chi connectivity index (χ3n) is 3.85. The molecule has 1 aliphatic rings. The van der Waals surface area contributed by atoms with Gasteiger partial charge in [0.1, 0.15) is 0 Å². The summed E-state index contributed by atoms with van der Waals surface area (Å²) >= 11 is 0. The van der Waals surface area contributed by atoms with Crippen LogP contribution in [0.3, 0.4) is 0 Å². The first-order valence-corrected chi connectivity index (χ1v) is 7.11. The number of nitrogens with one attached hydrogen (secondary N) is 2. The van der Waals surface area contributed by atoms with Crippen LogP contribution in [-0.2, 0) is 4.79 Å². The predicted molar refractivity (Wildman–Crippen MR) is 80.6 cm³/mol. The lowest BCUT2D eigenvalue weighted by molar-refractivity contribution is -0.120. The van der Waals surface area contributed by atoms with E-state index in [9.17, 15) is 4.79 Å². The van der Waals surface area contributed by atoms with E-state index in [0.29, 0.717) is 6.04 Å². The maximum atomic E-state index is 12.3. The van der Waals surface area contributed by atoms with Gasteiger partial charge in [-0.15, -0.1) is 0 Å². The van der Waals surface area contributed by atoms with Crippen molar-refractivity contribution in [3.05, 3.63) is 36.5 Å². The third kappa shape index (κ3) is 2.80. The van der Waals surface area contributed by atoms with Crippen LogP contribution in [0.5, 0.6) is 0 Å². The van der Waals surface area contributed by atoms with Crippen molar-refractivity contribution >= 4 is 22.5 Å². The third-order valence-corrected chi connectivity index (χ3v) is 3.85. The van der Waals surface area contributed by atoms with E-state index < -0.39 is 0 Å². The van der Waals surface area contributed by atoms with Crippen LogP contribution in [0.15, 0.2) is 36.5 Å². The van der Waals surface area contributed by atoms with Gasteiger partial charge in [0, 0.05) is 17.3 Å². The highest BCUT2D eigenvalue weighted by atomic mass is 16.1. The SMILES string of the molecule is C[C@H]1C[C@@H](C(=O)Nc2cnc3ccccc3c2)CCN1. The number of pyridine rings is 1. The highest BCUT2D eigenvalue weighted by molar-refractivity contribution is 5.94. The number of fused-ring (bicyclic) bond motifs is 1. The minimum absolute atomic E-state index is 0.0951. The summed E-state index contributed by atoms with van der Waals surface area (Å²) in [5.74, 6) is 0.202. The lowest BCUT2D eigenvalue weighted by atomic mass is 9.92. The van der Waals surface area contributed by atoms with Crippen molar-refractivity contribution in [2.45, 2.75) is 25.8 Å². The molecule has 1 saturated heterocycles. The second-order valence-electron chi connectivity index (χ2n) is 5.48. The second kappa shape index (κ2) is 5.59. The molecule has 1 fully saturated rings. The zero-order chi connectivity index (χ0) is 13.9. The molecule has 1 aromatic carbocycles. The molecule has 0 radical (unpaired) electrons. The Kier molecular flexibility index (Phi) is 3.65. The Hall–Kier alpha value is -1.94. The average Bonchev–Trinajstić information content (AvgIpc) is 2.47. The fourth-order valence-corrected chi connectivity index (χ4v) is 2.75. The molecule has 2 heterocycles. The fraction of sp³-hybridized carbons (Fsp3) is 0.375. The molecule has 20 heavy (non-hydrogen) atoms. The zero-order valence-corrected chi connectivity index (χ0v) is 11.6. The van der Waals surface area contributed by atoms with Gasteiger partial charge in [0.2, 0.25) is 5.91 Å². The van der Waals surface area contributed by atoms with Gasteiger partial charge in [-0.25, -0.2) is 0 Å². The molecule has 1 aromatic heterocycles. The molecule has 3 rings (SSSR count). The Bertz CT molecular complexity index is 626. The van der Waals surface area contributed by atoms with Crippen molar-refractivity contribution < 1.29 is 4.79 Å². The molecule has 0 spiro atoms. The van der Waals surface area contributed by atoms with E-state index >= 15 is 0 Å². The van der Waals surface area contributed by atoms with Crippen LogP contribution in [0.2, 0.25) is 0 Å². The molecule has 2 aromatic rings. The minimum Gasteiger partial charge on any atom is -0.324 e. The van der Waals surface area contributed by atoms with E-state index in [-0.39, 0.29) is 11.8 Å². The number of carbonyl (C=O) groups excluding carboxylic acids is 1. The largest absolute Gasteiger partial charge is 0.324 e. The first kappa shape index (κ1) is 13.1. The fourth-order valence-electron chi connectivity index (χ4n) is 2.75. The number of piperidine rings is 1. The molecule has 2 N–H and O–H groups in total. The van der Waals surface area contributed by atoms with Crippen LogP contribution in [0, 0.1) is 5.92 Å². The number of hydrogen-bond donors (Lipinski definition) is 2. The van der Waals surface area contributed by atoms with Gasteiger partial charge in [-0.05, 0) is 38.4 Å². The first-order valence-electron chi connectivity index (χ1n) is 7.11. The summed E-state index contributed by atoms with van der Waals surface area (Å²) in [7, 11) is 0. The second-order valence-corrected chi connectivity index (χ2v) is 5.48. The van der Waals surface area contributed by atoms with Crippen molar-refractivity contribution in [3.8, 4) is 0 Å². The number of amides is 1.